The molecular weight excluding hydrogens is 939 g/mol. The number of fused-ring (bicyclic) bond motifs is 4. The summed E-state index contributed by atoms with van der Waals surface area (Å²) in [5, 5.41) is 26.4. The van der Waals surface area contributed by atoms with Crippen LogP contribution < -0.4 is 0 Å². The van der Waals surface area contributed by atoms with Crippen molar-refractivity contribution in [2.24, 2.45) is 0 Å². The molecule has 11 heteroatoms. The van der Waals surface area contributed by atoms with E-state index >= 15 is 0 Å². The van der Waals surface area contributed by atoms with E-state index in [4.69, 9.17) is 20.8 Å². The quantitative estimate of drug-likeness (QED) is 0.0657. The van der Waals surface area contributed by atoms with Crippen molar-refractivity contribution in [3.05, 3.63) is 152 Å². The minimum absolute atomic E-state index is 0. The van der Waals surface area contributed by atoms with Gasteiger partial charge in [0.2, 0.25) is 0 Å². The van der Waals surface area contributed by atoms with Crippen LogP contribution in [0.4, 0.5) is 9.59 Å². The van der Waals surface area contributed by atoms with Crippen LogP contribution in [0.5, 0.6) is 0 Å². The zero-order valence-corrected chi connectivity index (χ0v) is 35.9. The SMILES string of the molecule is C.C=CCOC(=O)n1ccnc1.CC#N.CCCOC(=O)OCCc1c2ccccc2cc2ccccc12.OCCc1c2ccccc2cc2ccccc12.[2H][B].[U]. The van der Waals surface area contributed by atoms with Crippen LogP contribution in [0.25, 0.3) is 43.1 Å². The van der Waals surface area contributed by atoms with Gasteiger partial charge in [0.25, 0.3) is 0 Å². The smallest absolute Gasteiger partial charge is 0.445 e. The van der Waals surface area contributed by atoms with Crippen LogP contribution in [0.1, 0.15) is 38.8 Å². The second-order valence-corrected chi connectivity index (χ2v) is 11.8. The molecule has 0 spiro atoms. The molecule has 57 heavy (non-hydrogen) atoms. The van der Waals surface area contributed by atoms with Gasteiger partial charge in [-0.1, -0.05) is 124 Å². The van der Waals surface area contributed by atoms with Gasteiger partial charge in [-0.3, -0.25) is 0 Å². The molecule has 292 valence electrons. The molecular formula is C46H50BN3O6U. The van der Waals surface area contributed by atoms with Gasteiger partial charge in [0.1, 0.15) is 12.9 Å². The number of rotatable bonds is 9. The summed E-state index contributed by atoms with van der Waals surface area (Å²) in [5.41, 5.74) is 2.46. The number of ether oxygens (including phenoxy) is 3. The minimum atomic E-state index is -0.587. The van der Waals surface area contributed by atoms with Gasteiger partial charge in [-0.25, -0.2) is 19.1 Å². The van der Waals surface area contributed by atoms with E-state index in [1.807, 2.05) is 31.2 Å². The van der Waals surface area contributed by atoms with E-state index in [2.05, 4.69) is 105 Å². The third-order valence-electron chi connectivity index (χ3n) is 8.16. The Hall–Kier alpha value is -5.38. The number of hydrogen-bond donors (Lipinski definition) is 1. The first-order valence-electron chi connectivity index (χ1n) is 18.3. The van der Waals surface area contributed by atoms with E-state index < -0.39 is 12.2 Å². The van der Waals surface area contributed by atoms with Gasteiger partial charge in [-0.05, 0) is 80.5 Å². The van der Waals surface area contributed by atoms with E-state index in [0.29, 0.717) is 26.1 Å². The maximum absolute atomic E-state index is 11.5. The van der Waals surface area contributed by atoms with Gasteiger partial charge in [-0.2, -0.15) is 5.26 Å². The van der Waals surface area contributed by atoms with Gasteiger partial charge in [0.15, 0.2) is 0 Å². The Morgan fingerprint density at radius 1 is 0.807 bits per heavy atom. The summed E-state index contributed by atoms with van der Waals surface area (Å²) in [7, 11) is 3.75. The van der Waals surface area contributed by atoms with Crippen molar-refractivity contribution in [3.63, 3.8) is 0 Å². The summed E-state index contributed by atoms with van der Waals surface area (Å²) >= 11 is 0. The van der Waals surface area contributed by atoms with Crippen molar-refractivity contribution in [1.29, 1.82) is 6.60 Å². The Morgan fingerprint density at radius 2 is 1.23 bits per heavy atom. The number of benzene rings is 6. The number of carbonyl (C=O) groups is 2. The fraction of sp³-hybridized carbons (Fsp3) is 0.217. The third-order valence-corrected chi connectivity index (χ3v) is 8.16. The summed E-state index contributed by atoms with van der Waals surface area (Å²) in [5.74, 6) is 0. The van der Waals surface area contributed by atoms with Crippen molar-refractivity contribution < 1.29 is 60.0 Å². The second kappa shape index (κ2) is 27.3. The third kappa shape index (κ3) is 14.6. The number of nitriles is 1. The number of aromatic nitrogens is 2. The fourth-order valence-electron chi connectivity index (χ4n) is 5.90. The molecule has 0 unspecified atom stereocenters. The molecule has 0 saturated heterocycles. The molecule has 0 bridgehead atoms. The molecule has 7 rings (SSSR count). The van der Waals surface area contributed by atoms with Crippen molar-refractivity contribution in [2.75, 3.05) is 26.4 Å². The predicted octanol–water partition coefficient (Wildman–Crippen LogP) is 10.2. The topological polar surface area (TPSA) is 124 Å². The normalized spacial score (nSPS) is 9.68. The summed E-state index contributed by atoms with van der Waals surface area (Å²) in [6, 6.07) is 39.5. The molecule has 9 nitrogen and oxygen atoms in total. The van der Waals surface area contributed by atoms with Crippen LogP contribution in [0, 0.1) is 42.4 Å². The average Bonchev–Trinajstić information content (AvgIpc) is 3.79. The Labute approximate surface area is 362 Å². The number of carbonyl (C=O) groups excluding carboxylic acids is 2. The Kier molecular flexibility index (Phi) is 22.8. The molecule has 6 aromatic carbocycles. The zero-order chi connectivity index (χ0) is 40.5. The van der Waals surface area contributed by atoms with E-state index in [-0.39, 0.29) is 51.8 Å². The summed E-state index contributed by atoms with van der Waals surface area (Å²) in [4.78, 5) is 26.1. The van der Waals surface area contributed by atoms with Gasteiger partial charge in [0.05, 0.1) is 19.3 Å². The molecule has 1 N–H and O–H groups in total. The average molecular weight is 991 g/mol. The maximum atomic E-state index is 11.5. The standard InChI is InChI=1S/C20H20O3.C16H14O.C7H8N2O2.C2H3N.CH4.BH.U/c1-2-12-22-20(21)23-13-11-19-17-9-5-3-7-15(17)14-16-8-4-6-10-18(16)19;17-10-9-16-14-7-3-1-5-12(14)11-13-6-2-4-8-15(13)16;1-2-5-11-7(10)9-4-3-8-6-9;1-2-3;;;/h3-10,14H,2,11-13H2,1H3;1-8,11,17H,9-10H2;2-4,6H,1,5H2;1H3;1H4;1H;/i;;;;;1D;. The number of aliphatic hydroxyl groups excluding tert-OH is 1. The van der Waals surface area contributed by atoms with Crippen LogP contribution in [-0.2, 0) is 27.1 Å². The van der Waals surface area contributed by atoms with Crippen LogP contribution in [0.3, 0.4) is 0 Å². The Balaban J connectivity index is 0.000000425. The van der Waals surface area contributed by atoms with Crippen molar-refractivity contribution in [2.45, 2.75) is 40.5 Å². The van der Waals surface area contributed by atoms with Crippen LogP contribution in [0.2, 0.25) is 0 Å². The van der Waals surface area contributed by atoms with Crippen LogP contribution in [0.15, 0.2) is 141 Å². The molecule has 0 atom stereocenters. The molecule has 0 saturated carbocycles. The fourth-order valence-corrected chi connectivity index (χ4v) is 5.90. The first-order valence-corrected chi connectivity index (χ1v) is 17.7. The Morgan fingerprint density at radius 3 is 1.61 bits per heavy atom. The zero-order valence-electron chi connectivity index (χ0n) is 32.8. The Bertz CT molecular complexity index is 2230. The van der Waals surface area contributed by atoms with Crippen molar-refractivity contribution in [1.82, 2.24) is 9.55 Å². The molecule has 0 aliphatic carbocycles. The van der Waals surface area contributed by atoms with Gasteiger partial charge < -0.3 is 19.3 Å². The summed E-state index contributed by atoms with van der Waals surface area (Å²) in [6.07, 6.45) is 7.06. The first-order chi connectivity index (χ1) is 27.4. The molecule has 2 radical (unpaired) electrons. The number of hydrogen-bond acceptors (Lipinski definition) is 8. The maximum Gasteiger partial charge on any atom is 0.508 e. The minimum Gasteiger partial charge on any atom is -0.445 e. The largest absolute Gasteiger partial charge is 0.508 e. The number of aliphatic hydroxyl groups is 1. The first kappa shape index (κ1) is 47.8. The number of nitrogens with zero attached hydrogens (tertiary/aromatic N) is 3. The van der Waals surface area contributed by atoms with Crippen molar-refractivity contribution in [3.8, 4) is 6.07 Å². The monoisotopic (exact) mass is 990 g/mol. The molecule has 0 fully saturated rings. The number of imidazole rings is 1. The van der Waals surface area contributed by atoms with E-state index in [9.17, 15) is 14.7 Å². The van der Waals surface area contributed by atoms with Crippen LogP contribution >= 0.6 is 0 Å². The van der Waals surface area contributed by atoms with Gasteiger partial charge >= 0.3 is 12.2 Å². The van der Waals surface area contributed by atoms with Crippen LogP contribution in [-0.4, -0.2) is 63.0 Å². The molecule has 1 aromatic heterocycles. The summed E-state index contributed by atoms with van der Waals surface area (Å²) in [6.45, 7) is 7.93. The van der Waals surface area contributed by atoms with Crippen molar-refractivity contribution >= 4 is 63.7 Å². The van der Waals surface area contributed by atoms with E-state index in [0.717, 1.165) is 6.42 Å². The predicted molar refractivity (Wildman–Crippen MR) is 229 cm³/mol. The molecule has 0 aliphatic heterocycles. The summed E-state index contributed by atoms with van der Waals surface area (Å²) < 4.78 is 21.3. The van der Waals surface area contributed by atoms with Gasteiger partial charge in [-0.15, -0.1) is 0 Å². The molecule has 0 aliphatic rings. The van der Waals surface area contributed by atoms with E-state index in [1.165, 1.54) is 90.5 Å². The van der Waals surface area contributed by atoms with Gasteiger partial charge in [0, 0.05) is 71.8 Å². The van der Waals surface area contributed by atoms with E-state index in [1.54, 1.807) is 6.07 Å². The molecule has 1 heterocycles. The molecule has 0 amide bonds. The second-order valence-electron chi connectivity index (χ2n) is 11.8. The molecule has 7 aromatic rings.